The van der Waals surface area contributed by atoms with Gasteiger partial charge in [-0.15, -0.1) is 0 Å². The molecule has 1 saturated heterocycles. The second-order valence-corrected chi connectivity index (χ2v) is 10.7. The van der Waals surface area contributed by atoms with Crippen molar-refractivity contribution in [2.24, 2.45) is 5.92 Å². The first kappa shape index (κ1) is 23.2. The molecule has 1 aliphatic heterocycles. The Labute approximate surface area is 180 Å². The van der Waals surface area contributed by atoms with Gasteiger partial charge >= 0.3 is 5.97 Å². The third-order valence-corrected chi connectivity index (χ3v) is 8.38. The lowest BCUT2D eigenvalue weighted by Crippen LogP contribution is -2.53. The summed E-state index contributed by atoms with van der Waals surface area (Å²) in [7, 11) is -3.35. The van der Waals surface area contributed by atoms with E-state index in [0.29, 0.717) is 45.3 Å². The quantitative estimate of drug-likeness (QED) is 0.519. The van der Waals surface area contributed by atoms with Crippen molar-refractivity contribution in [3.05, 3.63) is 35.9 Å². The third-order valence-electron chi connectivity index (χ3n) is 6.02. The lowest BCUT2D eigenvalue weighted by atomic mass is 9.80. The molecular formula is C23H34O6S. The van der Waals surface area contributed by atoms with Crippen molar-refractivity contribution < 1.29 is 27.4 Å². The molecule has 30 heavy (non-hydrogen) atoms. The highest BCUT2D eigenvalue weighted by Gasteiger charge is 2.48. The van der Waals surface area contributed by atoms with Crippen molar-refractivity contribution >= 4 is 15.8 Å². The standard InChI is InChI=1S/C23H34O6S/c1-3-12-27-23-20(28-16-17-8-6-5-7-9-17)14-18(19-10-11-22(24)29-19)15-21(23)30(25,26)13-4-2/h5-9,18-21,23H,3-4,10-16H2,1-2H3. The molecule has 3 rings (SSSR count). The zero-order valence-electron chi connectivity index (χ0n) is 18.0. The summed E-state index contributed by atoms with van der Waals surface area (Å²) >= 11 is 0. The van der Waals surface area contributed by atoms with Crippen LogP contribution in [0.3, 0.4) is 0 Å². The van der Waals surface area contributed by atoms with E-state index in [-0.39, 0.29) is 29.8 Å². The Balaban J connectivity index is 1.84. The molecule has 168 valence electrons. The highest BCUT2D eigenvalue weighted by Crippen LogP contribution is 2.39. The number of sulfone groups is 1. The van der Waals surface area contributed by atoms with Gasteiger partial charge in [0.1, 0.15) is 12.2 Å². The highest BCUT2D eigenvalue weighted by molar-refractivity contribution is 7.92. The molecule has 0 spiro atoms. The number of carbonyl (C=O) groups is 1. The Morgan fingerprint density at radius 1 is 1.07 bits per heavy atom. The second kappa shape index (κ2) is 10.7. The molecule has 0 radical (unpaired) electrons. The number of benzene rings is 1. The van der Waals surface area contributed by atoms with Crippen molar-refractivity contribution in [1.29, 1.82) is 0 Å². The zero-order chi connectivity index (χ0) is 21.6. The number of rotatable bonds is 10. The van der Waals surface area contributed by atoms with Crippen LogP contribution >= 0.6 is 0 Å². The van der Waals surface area contributed by atoms with E-state index in [4.69, 9.17) is 14.2 Å². The summed E-state index contributed by atoms with van der Waals surface area (Å²) in [6, 6.07) is 9.85. The van der Waals surface area contributed by atoms with Crippen molar-refractivity contribution in [2.45, 2.75) is 82.5 Å². The summed E-state index contributed by atoms with van der Waals surface area (Å²) in [5.41, 5.74) is 1.04. The maximum Gasteiger partial charge on any atom is 0.306 e. The second-order valence-electron chi connectivity index (χ2n) is 8.37. The summed E-state index contributed by atoms with van der Waals surface area (Å²) in [6.07, 6.45) is 2.44. The fourth-order valence-corrected chi connectivity index (χ4v) is 6.65. The molecule has 1 saturated carbocycles. The van der Waals surface area contributed by atoms with Gasteiger partial charge in [-0.3, -0.25) is 4.79 Å². The van der Waals surface area contributed by atoms with Gasteiger partial charge in [0.25, 0.3) is 0 Å². The Kier molecular flexibility index (Phi) is 8.31. The Bertz CT molecular complexity index is 778. The van der Waals surface area contributed by atoms with Crippen LogP contribution in [0.25, 0.3) is 0 Å². The van der Waals surface area contributed by atoms with Crippen molar-refractivity contribution in [1.82, 2.24) is 0 Å². The van der Waals surface area contributed by atoms with Gasteiger partial charge < -0.3 is 14.2 Å². The lowest BCUT2D eigenvalue weighted by Gasteiger charge is -2.42. The first-order chi connectivity index (χ1) is 14.4. The van der Waals surface area contributed by atoms with Gasteiger partial charge in [0.05, 0.1) is 23.7 Å². The van der Waals surface area contributed by atoms with Crippen LogP contribution in [0.5, 0.6) is 0 Å². The maximum atomic E-state index is 13.2. The van der Waals surface area contributed by atoms with E-state index in [2.05, 4.69) is 0 Å². The smallest absolute Gasteiger partial charge is 0.306 e. The van der Waals surface area contributed by atoms with Crippen LogP contribution in [-0.2, 0) is 35.4 Å². The van der Waals surface area contributed by atoms with Crippen LogP contribution in [0.1, 0.15) is 57.9 Å². The monoisotopic (exact) mass is 438 g/mol. The van der Waals surface area contributed by atoms with Crippen LogP contribution in [0.15, 0.2) is 30.3 Å². The Morgan fingerprint density at radius 3 is 2.47 bits per heavy atom. The van der Waals surface area contributed by atoms with E-state index in [1.807, 2.05) is 44.2 Å². The van der Waals surface area contributed by atoms with Crippen molar-refractivity contribution in [3.63, 3.8) is 0 Å². The maximum absolute atomic E-state index is 13.2. The summed E-state index contributed by atoms with van der Waals surface area (Å²) in [5.74, 6) is -0.0962. The molecule has 6 nitrogen and oxygen atoms in total. The number of hydrogen-bond donors (Lipinski definition) is 0. The van der Waals surface area contributed by atoms with E-state index in [9.17, 15) is 13.2 Å². The molecule has 1 heterocycles. The zero-order valence-corrected chi connectivity index (χ0v) is 18.8. The summed E-state index contributed by atoms with van der Waals surface area (Å²) in [5, 5.41) is -0.636. The summed E-state index contributed by atoms with van der Waals surface area (Å²) < 4.78 is 44.2. The summed E-state index contributed by atoms with van der Waals surface area (Å²) in [6.45, 7) is 4.78. The van der Waals surface area contributed by atoms with Crippen LogP contribution in [0, 0.1) is 5.92 Å². The van der Waals surface area contributed by atoms with Crippen LogP contribution in [-0.4, -0.2) is 50.3 Å². The molecule has 1 aromatic carbocycles. The van der Waals surface area contributed by atoms with Gasteiger partial charge in [0, 0.05) is 13.0 Å². The van der Waals surface area contributed by atoms with Crippen LogP contribution in [0.4, 0.5) is 0 Å². The van der Waals surface area contributed by atoms with Gasteiger partial charge in [0.2, 0.25) is 0 Å². The fraction of sp³-hybridized carbons (Fsp3) is 0.696. The predicted octanol–water partition coefficient (Wildman–Crippen LogP) is 3.68. The van der Waals surface area contributed by atoms with Crippen molar-refractivity contribution in [2.75, 3.05) is 12.4 Å². The fourth-order valence-electron chi connectivity index (χ4n) is 4.58. The summed E-state index contributed by atoms with van der Waals surface area (Å²) in [4.78, 5) is 11.7. The number of hydrogen-bond acceptors (Lipinski definition) is 6. The Morgan fingerprint density at radius 2 is 1.83 bits per heavy atom. The van der Waals surface area contributed by atoms with Crippen LogP contribution < -0.4 is 0 Å². The molecule has 0 bridgehead atoms. The normalized spacial score (nSPS) is 29.7. The minimum absolute atomic E-state index is 0.0321. The van der Waals surface area contributed by atoms with Gasteiger partial charge in [0.15, 0.2) is 9.84 Å². The molecule has 0 aromatic heterocycles. The topological polar surface area (TPSA) is 78.9 Å². The average molecular weight is 439 g/mol. The third kappa shape index (κ3) is 5.83. The van der Waals surface area contributed by atoms with Gasteiger partial charge in [-0.05, 0) is 43.6 Å². The number of cyclic esters (lactones) is 1. The minimum Gasteiger partial charge on any atom is -0.462 e. The molecule has 5 unspecified atom stereocenters. The predicted molar refractivity (Wildman–Crippen MR) is 115 cm³/mol. The molecule has 5 atom stereocenters. The number of carbonyl (C=O) groups excluding carboxylic acids is 1. The first-order valence-corrected chi connectivity index (χ1v) is 12.8. The van der Waals surface area contributed by atoms with Crippen molar-refractivity contribution in [3.8, 4) is 0 Å². The molecule has 0 amide bonds. The Hall–Kier alpha value is -1.44. The molecule has 2 fully saturated rings. The van der Waals surface area contributed by atoms with E-state index in [1.165, 1.54) is 0 Å². The molecular weight excluding hydrogens is 404 g/mol. The van der Waals surface area contributed by atoms with E-state index in [1.54, 1.807) is 0 Å². The molecule has 1 aromatic rings. The largest absolute Gasteiger partial charge is 0.462 e. The SMILES string of the molecule is CCCOC1C(OCc2ccccc2)CC(C2CCC(=O)O2)CC1S(=O)(=O)CCC. The lowest BCUT2D eigenvalue weighted by molar-refractivity contribution is -0.148. The molecule has 7 heteroatoms. The minimum atomic E-state index is -3.35. The number of esters is 1. The molecule has 1 aliphatic carbocycles. The average Bonchev–Trinajstić information content (AvgIpc) is 3.17. The van der Waals surface area contributed by atoms with Gasteiger partial charge in [-0.2, -0.15) is 0 Å². The van der Waals surface area contributed by atoms with E-state index < -0.39 is 21.2 Å². The number of ether oxygens (including phenoxy) is 3. The van der Waals surface area contributed by atoms with Gasteiger partial charge in [-0.25, -0.2) is 8.42 Å². The highest BCUT2D eigenvalue weighted by atomic mass is 32.2. The molecule has 2 aliphatic rings. The van der Waals surface area contributed by atoms with E-state index >= 15 is 0 Å². The van der Waals surface area contributed by atoms with Gasteiger partial charge in [-0.1, -0.05) is 44.2 Å². The van der Waals surface area contributed by atoms with E-state index in [0.717, 1.165) is 12.0 Å². The first-order valence-electron chi connectivity index (χ1n) is 11.1. The van der Waals surface area contributed by atoms with Crippen LogP contribution in [0.2, 0.25) is 0 Å². The molecule has 0 N–H and O–H groups in total.